The minimum absolute atomic E-state index is 0.0611. The van der Waals surface area contributed by atoms with E-state index in [1.165, 1.54) is 0 Å². The van der Waals surface area contributed by atoms with E-state index in [2.05, 4.69) is 20.2 Å². The number of ether oxygens (including phenoxy) is 2. The molecule has 0 bridgehead atoms. The van der Waals surface area contributed by atoms with E-state index in [4.69, 9.17) is 9.47 Å². The molecule has 2 aromatic heterocycles. The van der Waals surface area contributed by atoms with Crippen LogP contribution >= 0.6 is 0 Å². The number of pyridine rings is 1. The number of rotatable bonds is 10. The highest BCUT2D eigenvalue weighted by Crippen LogP contribution is 2.24. The van der Waals surface area contributed by atoms with E-state index in [1.807, 2.05) is 36.1 Å². The lowest BCUT2D eigenvalue weighted by atomic mass is 9.89. The van der Waals surface area contributed by atoms with E-state index in [1.54, 1.807) is 19.5 Å². The molecular formula is C21H31N5O3. The van der Waals surface area contributed by atoms with E-state index in [9.17, 15) is 4.79 Å². The third kappa shape index (κ3) is 6.54. The second-order valence-electron chi connectivity index (χ2n) is 7.58. The molecule has 158 valence electrons. The quantitative estimate of drug-likeness (QED) is 0.608. The summed E-state index contributed by atoms with van der Waals surface area (Å²) in [5.41, 5.74) is 0. The van der Waals surface area contributed by atoms with Gasteiger partial charge in [0.15, 0.2) is 0 Å². The molecule has 1 aliphatic heterocycles. The number of methoxy groups -OCH3 is 1. The number of imidazole rings is 1. The first-order chi connectivity index (χ1) is 14.2. The summed E-state index contributed by atoms with van der Waals surface area (Å²) in [6.07, 6.45) is 8.83. The standard InChI is InChI=1S/C21H31N5O3/c1-25-9-8-23-20(25)15-26-13-17(16-29-19-5-3-6-22-12-19)11-18(14-26)21(27)24-7-4-10-28-2/h3,5-6,8-9,12,17-18H,4,7,10-11,13-16H2,1-2H3,(H,24,27)/t17-,18+/m0/s1. The Morgan fingerprint density at radius 2 is 2.24 bits per heavy atom. The van der Waals surface area contributed by atoms with E-state index in [0.29, 0.717) is 19.8 Å². The molecule has 1 fully saturated rings. The molecule has 0 aromatic carbocycles. The summed E-state index contributed by atoms with van der Waals surface area (Å²) in [5, 5.41) is 3.06. The highest BCUT2D eigenvalue weighted by Gasteiger charge is 2.32. The molecule has 0 unspecified atom stereocenters. The zero-order valence-corrected chi connectivity index (χ0v) is 17.3. The van der Waals surface area contributed by atoms with Gasteiger partial charge in [0.1, 0.15) is 11.6 Å². The lowest BCUT2D eigenvalue weighted by Gasteiger charge is -2.36. The average molecular weight is 402 g/mol. The monoisotopic (exact) mass is 401 g/mol. The fourth-order valence-corrected chi connectivity index (χ4v) is 3.71. The van der Waals surface area contributed by atoms with Crippen LogP contribution in [0.1, 0.15) is 18.7 Å². The van der Waals surface area contributed by atoms with Crippen LogP contribution in [-0.4, -0.2) is 65.3 Å². The second kappa shape index (κ2) is 10.9. The highest BCUT2D eigenvalue weighted by molar-refractivity contribution is 5.79. The maximum Gasteiger partial charge on any atom is 0.224 e. The number of piperidine rings is 1. The summed E-state index contributed by atoms with van der Waals surface area (Å²) in [4.78, 5) is 23.6. The molecule has 3 rings (SSSR count). The minimum Gasteiger partial charge on any atom is -0.492 e. The molecule has 1 saturated heterocycles. The molecule has 1 aliphatic rings. The number of hydrogen-bond donors (Lipinski definition) is 1. The van der Waals surface area contributed by atoms with E-state index in [0.717, 1.165) is 44.0 Å². The highest BCUT2D eigenvalue weighted by atomic mass is 16.5. The van der Waals surface area contributed by atoms with Crippen LogP contribution in [-0.2, 0) is 23.1 Å². The van der Waals surface area contributed by atoms with Crippen molar-refractivity contribution >= 4 is 5.91 Å². The number of nitrogens with zero attached hydrogens (tertiary/aromatic N) is 4. The van der Waals surface area contributed by atoms with Crippen LogP contribution in [0.4, 0.5) is 0 Å². The smallest absolute Gasteiger partial charge is 0.224 e. The lowest BCUT2D eigenvalue weighted by Crippen LogP contribution is -2.47. The van der Waals surface area contributed by atoms with Crippen LogP contribution in [0.2, 0.25) is 0 Å². The van der Waals surface area contributed by atoms with Crippen LogP contribution < -0.4 is 10.1 Å². The topological polar surface area (TPSA) is 81.5 Å². The molecular weight excluding hydrogens is 370 g/mol. The molecule has 0 radical (unpaired) electrons. The molecule has 1 N–H and O–H groups in total. The average Bonchev–Trinajstić information content (AvgIpc) is 3.14. The Morgan fingerprint density at radius 3 is 2.97 bits per heavy atom. The van der Waals surface area contributed by atoms with Gasteiger partial charge in [0, 0.05) is 64.9 Å². The SMILES string of the molecule is COCCCNC(=O)[C@@H]1C[C@H](COc2cccnc2)CN(Cc2nccn2C)C1. The van der Waals surface area contributed by atoms with Crippen LogP contribution in [0.25, 0.3) is 0 Å². The van der Waals surface area contributed by atoms with Crippen LogP contribution in [0, 0.1) is 11.8 Å². The lowest BCUT2D eigenvalue weighted by molar-refractivity contribution is -0.127. The molecule has 8 nitrogen and oxygen atoms in total. The molecule has 1 amide bonds. The van der Waals surface area contributed by atoms with Gasteiger partial charge in [-0.1, -0.05) is 0 Å². The summed E-state index contributed by atoms with van der Waals surface area (Å²) in [5.74, 6) is 2.07. The van der Waals surface area contributed by atoms with Crippen molar-refractivity contribution in [3.63, 3.8) is 0 Å². The normalized spacial score (nSPS) is 19.8. The third-order valence-electron chi connectivity index (χ3n) is 5.21. The number of nitrogens with one attached hydrogen (secondary N) is 1. The van der Waals surface area contributed by atoms with Gasteiger partial charge in [0.25, 0.3) is 0 Å². The predicted octanol–water partition coefficient (Wildman–Crippen LogP) is 1.48. The van der Waals surface area contributed by atoms with Crippen LogP contribution in [0.15, 0.2) is 36.9 Å². The second-order valence-corrected chi connectivity index (χ2v) is 7.58. The number of carbonyl (C=O) groups is 1. The molecule has 2 aromatic rings. The van der Waals surface area contributed by atoms with Gasteiger partial charge in [-0.2, -0.15) is 0 Å². The fourth-order valence-electron chi connectivity index (χ4n) is 3.71. The van der Waals surface area contributed by atoms with Gasteiger partial charge < -0.3 is 19.4 Å². The molecule has 29 heavy (non-hydrogen) atoms. The van der Waals surface area contributed by atoms with Crippen molar-refractivity contribution in [3.05, 3.63) is 42.7 Å². The number of amides is 1. The van der Waals surface area contributed by atoms with E-state index < -0.39 is 0 Å². The first-order valence-corrected chi connectivity index (χ1v) is 10.1. The number of hydrogen-bond acceptors (Lipinski definition) is 6. The Kier molecular flexibility index (Phi) is 8.01. The summed E-state index contributed by atoms with van der Waals surface area (Å²) in [6, 6.07) is 3.77. The molecule has 0 aliphatic carbocycles. The Hall–Kier alpha value is -2.45. The Bertz CT molecular complexity index is 752. The fraction of sp³-hybridized carbons (Fsp3) is 0.571. The Morgan fingerprint density at radius 1 is 1.34 bits per heavy atom. The van der Waals surface area contributed by atoms with Crippen molar-refractivity contribution in [3.8, 4) is 5.75 Å². The summed E-state index contributed by atoms with van der Waals surface area (Å²) in [6.45, 7) is 4.18. The molecule has 3 heterocycles. The number of aryl methyl sites for hydroxylation is 1. The van der Waals surface area contributed by atoms with E-state index >= 15 is 0 Å². The first-order valence-electron chi connectivity index (χ1n) is 10.1. The van der Waals surface area contributed by atoms with Crippen LogP contribution in [0.5, 0.6) is 5.75 Å². The summed E-state index contributed by atoms with van der Waals surface area (Å²) >= 11 is 0. The van der Waals surface area contributed by atoms with Gasteiger partial charge in [-0.15, -0.1) is 0 Å². The zero-order valence-electron chi connectivity index (χ0n) is 17.3. The van der Waals surface area contributed by atoms with Crippen molar-refractivity contribution < 1.29 is 14.3 Å². The number of carbonyl (C=O) groups excluding carboxylic acids is 1. The summed E-state index contributed by atoms with van der Waals surface area (Å²) < 4.78 is 13.0. The molecule has 2 atom stereocenters. The van der Waals surface area contributed by atoms with Crippen molar-refractivity contribution in [1.29, 1.82) is 0 Å². The predicted molar refractivity (Wildman–Crippen MR) is 109 cm³/mol. The molecule has 8 heteroatoms. The molecule has 0 saturated carbocycles. The maximum absolute atomic E-state index is 12.7. The molecule has 0 spiro atoms. The van der Waals surface area contributed by atoms with Gasteiger partial charge in [-0.3, -0.25) is 14.7 Å². The minimum atomic E-state index is -0.0611. The Labute approximate surface area is 172 Å². The van der Waals surface area contributed by atoms with Gasteiger partial charge in [0.2, 0.25) is 5.91 Å². The van der Waals surface area contributed by atoms with Gasteiger partial charge >= 0.3 is 0 Å². The number of likely N-dealkylation sites (tertiary alicyclic amines) is 1. The number of aromatic nitrogens is 3. The van der Waals surface area contributed by atoms with Crippen molar-refractivity contribution in [2.75, 3.05) is 40.0 Å². The van der Waals surface area contributed by atoms with Crippen molar-refractivity contribution in [1.82, 2.24) is 24.8 Å². The van der Waals surface area contributed by atoms with E-state index in [-0.39, 0.29) is 17.7 Å². The first kappa shape index (κ1) is 21.3. The summed E-state index contributed by atoms with van der Waals surface area (Å²) in [7, 11) is 3.67. The van der Waals surface area contributed by atoms with Gasteiger partial charge in [-0.05, 0) is 25.0 Å². The zero-order chi connectivity index (χ0) is 20.5. The van der Waals surface area contributed by atoms with Gasteiger partial charge in [0.05, 0.1) is 25.3 Å². The maximum atomic E-state index is 12.7. The largest absolute Gasteiger partial charge is 0.492 e. The third-order valence-corrected chi connectivity index (χ3v) is 5.21. The van der Waals surface area contributed by atoms with Crippen molar-refractivity contribution in [2.24, 2.45) is 18.9 Å². The van der Waals surface area contributed by atoms with Crippen LogP contribution in [0.3, 0.4) is 0 Å². The van der Waals surface area contributed by atoms with Crippen molar-refractivity contribution in [2.45, 2.75) is 19.4 Å². The Balaban J connectivity index is 1.60. The van der Waals surface area contributed by atoms with Gasteiger partial charge in [-0.25, -0.2) is 4.98 Å².